The van der Waals surface area contributed by atoms with Crippen LogP contribution < -0.4 is 10.1 Å². The highest BCUT2D eigenvalue weighted by Crippen LogP contribution is 2.33. The first-order chi connectivity index (χ1) is 19.8. The molecule has 11 nitrogen and oxygen atoms in total. The lowest BCUT2D eigenvalue weighted by Gasteiger charge is -2.31. The Morgan fingerprint density at radius 1 is 1.10 bits per heavy atom. The molecule has 2 N–H and O–H groups in total. The average molecular weight is 591 g/mol. The van der Waals surface area contributed by atoms with Gasteiger partial charge in [-0.25, -0.2) is 13.2 Å². The molecule has 0 aromatic heterocycles. The minimum absolute atomic E-state index is 0.0244. The Balaban J connectivity index is 1.34. The van der Waals surface area contributed by atoms with Crippen LogP contribution in [0.1, 0.15) is 37.7 Å². The lowest BCUT2D eigenvalue weighted by Crippen LogP contribution is -2.51. The number of hydrogen-bond acceptors (Lipinski definition) is 9. The van der Waals surface area contributed by atoms with Crippen LogP contribution >= 0.6 is 0 Å². The van der Waals surface area contributed by atoms with E-state index in [0.29, 0.717) is 25.2 Å². The Kier molecular flexibility index (Phi) is 9.79. The number of aliphatic hydroxyl groups is 1. The fraction of sp³-hybridized carbons (Fsp3) is 0.552. The van der Waals surface area contributed by atoms with Crippen LogP contribution in [0, 0.1) is 5.92 Å². The number of fused-ring (bicyclic) bond motifs is 1. The van der Waals surface area contributed by atoms with Gasteiger partial charge >= 0.3 is 6.09 Å². The largest absolute Gasteiger partial charge is 0.497 e. The van der Waals surface area contributed by atoms with Gasteiger partial charge in [0.05, 0.1) is 55.9 Å². The zero-order valence-electron chi connectivity index (χ0n) is 23.1. The molecule has 41 heavy (non-hydrogen) atoms. The van der Waals surface area contributed by atoms with Gasteiger partial charge in [0, 0.05) is 6.07 Å². The smallest absolute Gasteiger partial charge is 0.407 e. The van der Waals surface area contributed by atoms with Crippen molar-refractivity contribution in [3.63, 3.8) is 0 Å². The fourth-order valence-electron chi connectivity index (χ4n) is 5.54. The number of sulfonamides is 1. The molecule has 5 atom stereocenters. The number of rotatable bonds is 12. The first-order valence-corrected chi connectivity index (χ1v) is 15.5. The van der Waals surface area contributed by atoms with Crippen LogP contribution in [0.4, 0.5) is 4.79 Å². The standard InChI is InChI=1S/C29H38N2O9S/c1-36-22-12-7-13-23(17-22)41(34,35)31(40-21-10-5-6-11-21)18-26(32)25(16-20-8-3-2-4-9-20)30-29(33)39-27-19-38-28-24(27)14-15-37-28/h2-4,7-9,12-13,17,21,24-28,32H,5-6,10-11,14-16,18-19H2,1H3,(H,30,33)/t24-,25-,26-,27-,28+/m0/s1. The van der Waals surface area contributed by atoms with E-state index in [1.165, 1.54) is 19.2 Å². The molecule has 2 aromatic carbocycles. The summed E-state index contributed by atoms with van der Waals surface area (Å²) in [4.78, 5) is 19.0. The van der Waals surface area contributed by atoms with Crippen LogP contribution in [0.2, 0.25) is 0 Å². The highest BCUT2D eigenvalue weighted by atomic mass is 32.2. The van der Waals surface area contributed by atoms with Crippen molar-refractivity contribution in [3.05, 3.63) is 60.2 Å². The number of carbonyl (C=O) groups excluding carboxylic acids is 1. The van der Waals surface area contributed by atoms with Crippen LogP contribution in [0.25, 0.3) is 0 Å². The summed E-state index contributed by atoms with van der Waals surface area (Å²) in [5.41, 5.74) is 0.851. The lowest BCUT2D eigenvalue weighted by molar-refractivity contribution is -0.145. The van der Waals surface area contributed by atoms with Gasteiger partial charge in [-0.3, -0.25) is 4.84 Å². The summed E-state index contributed by atoms with van der Waals surface area (Å²) in [5.74, 6) is 0.339. The van der Waals surface area contributed by atoms with E-state index in [2.05, 4.69) is 5.32 Å². The quantitative estimate of drug-likeness (QED) is 0.358. The number of hydrogen-bond donors (Lipinski definition) is 2. The third kappa shape index (κ3) is 7.37. The molecule has 0 unspecified atom stereocenters. The van der Waals surface area contributed by atoms with Gasteiger partial charge in [0.1, 0.15) is 11.9 Å². The Bertz CT molecular complexity index is 1260. The topological polar surface area (TPSA) is 133 Å². The van der Waals surface area contributed by atoms with Gasteiger partial charge in [0.15, 0.2) is 6.29 Å². The van der Waals surface area contributed by atoms with Crippen molar-refractivity contribution in [2.75, 3.05) is 26.9 Å². The molecular weight excluding hydrogens is 552 g/mol. The Hall–Kier alpha value is -2.74. The Morgan fingerprint density at radius 3 is 2.63 bits per heavy atom. The van der Waals surface area contributed by atoms with Gasteiger partial charge in [-0.15, -0.1) is 0 Å². The molecule has 12 heteroatoms. The predicted molar refractivity (Wildman–Crippen MR) is 147 cm³/mol. The highest BCUT2D eigenvalue weighted by molar-refractivity contribution is 7.89. The lowest BCUT2D eigenvalue weighted by atomic mass is 10.0. The predicted octanol–water partition coefficient (Wildman–Crippen LogP) is 3.02. The number of ether oxygens (including phenoxy) is 4. The zero-order chi connectivity index (χ0) is 28.8. The van der Waals surface area contributed by atoms with E-state index in [1.54, 1.807) is 12.1 Å². The molecule has 0 radical (unpaired) electrons. The number of methoxy groups -OCH3 is 1. The maximum absolute atomic E-state index is 13.8. The molecular formula is C29H38N2O9S. The second-order valence-corrected chi connectivity index (χ2v) is 12.5. The number of benzene rings is 2. The monoisotopic (exact) mass is 590 g/mol. The van der Waals surface area contributed by atoms with E-state index < -0.39 is 40.9 Å². The van der Waals surface area contributed by atoms with E-state index in [0.717, 1.165) is 29.3 Å². The summed E-state index contributed by atoms with van der Waals surface area (Å²) in [6.45, 7) is 0.375. The van der Waals surface area contributed by atoms with Crippen molar-refractivity contribution < 1.29 is 42.1 Å². The van der Waals surface area contributed by atoms with Crippen molar-refractivity contribution in [1.29, 1.82) is 0 Å². The SMILES string of the molecule is COc1cccc(S(=O)(=O)N(C[C@H](O)[C@H](Cc2ccccc2)NC(=O)O[C@H]2CO[C@H]3OCC[C@H]32)OC2CCCC2)c1. The van der Waals surface area contributed by atoms with E-state index in [4.69, 9.17) is 23.8 Å². The molecule has 0 spiro atoms. The van der Waals surface area contributed by atoms with Crippen molar-refractivity contribution in [2.45, 2.75) is 74.1 Å². The van der Waals surface area contributed by atoms with Crippen LogP contribution in [-0.2, 0) is 35.5 Å². The van der Waals surface area contributed by atoms with Gasteiger partial charge < -0.3 is 29.4 Å². The summed E-state index contributed by atoms with van der Waals surface area (Å²) in [5, 5.41) is 14.2. The summed E-state index contributed by atoms with van der Waals surface area (Å²) in [6.07, 6.45) is 1.09. The van der Waals surface area contributed by atoms with Crippen molar-refractivity contribution in [3.8, 4) is 5.75 Å². The molecule has 0 bridgehead atoms. The minimum atomic E-state index is -4.18. The average Bonchev–Trinajstić information content (AvgIpc) is 3.74. The molecule has 3 aliphatic rings. The summed E-state index contributed by atoms with van der Waals surface area (Å²) in [6, 6.07) is 14.5. The van der Waals surface area contributed by atoms with Gasteiger partial charge in [-0.2, -0.15) is 0 Å². The van der Waals surface area contributed by atoms with Gasteiger partial charge in [-0.05, 0) is 43.4 Å². The van der Waals surface area contributed by atoms with E-state index in [-0.39, 0.29) is 36.2 Å². The molecule has 1 amide bonds. The van der Waals surface area contributed by atoms with Crippen LogP contribution in [-0.4, -0.2) is 81.6 Å². The molecule has 2 aliphatic heterocycles. The first kappa shape index (κ1) is 29.7. The van der Waals surface area contributed by atoms with Crippen molar-refractivity contribution in [1.82, 2.24) is 9.79 Å². The molecule has 2 saturated heterocycles. The number of nitrogens with one attached hydrogen (secondary N) is 1. The Morgan fingerprint density at radius 2 is 1.88 bits per heavy atom. The van der Waals surface area contributed by atoms with Gasteiger partial charge in [0.25, 0.3) is 10.0 Å². The van der Waals surface area contributed by atoms with E-state index in [9.17, 15) is 18.3 Å². The normalized spacial score (nSPS) is 24.2. The summed E-state index contributed by atoms with van der Waals surface area (Å²) in [7, 11) is -2.73. The van der Waals surface area contributed by atoms with Crippen LogP contribution in [0.5, 0.6) is 5.75 Å². The third-order valence-corrected chi connectivity index (χ3v) is 9.44. The molecule has 1 saturated carbocycles. The maximum atomic E-state index is 13.8. The van der Waals surface area contributed by atoms with Gasteiger partial charge in [-0.1, -0.05) is 53.7 Å². The van der Waals surface area contributed by atoms with E-state index >= 15 is 0 Å². The molecule has 2 aromatic rings. The molecule has 224 valence electrons. The first-order valence-electron chi connectivity index (χ1n) is 14.1. The van der Waals surface area contributed by atoms with Crippen molar-refractivity contribution in [2.24, 2.45) is 5.92 Å². The second kappa shape index (κ2) is 13.5. The number of carbonyl (C=O) groups is 1. The number of nitrogens with zero attached hydrogens (tertiary/aromatic N) is 1. The molecule has 5 rings (SSSR count). The number of alkyl carbamates (subject to hydrolysis) is 1. The highest BCUT2D eigenvalue weighted by Gasteiger charge is 2.44. The van der Waals surface area contributed by atoms with Crippen molar-refractivity contribution >= 4 is 16.1 Å². The van der Waals surface area contributed by atoms with Crippen LogP contribution in [0.3, 0.4) is 0 Å². The molecule has 2 heterocycles. The third-order valence-electron chi connectivity index (χ3n) is 7.82. The zero-order valence-corrected chi connectivity index (χ0v) is 23.9. The minimum Gasteiger partial charge on any atom is -0.497 e. The molecule has 3 fully saturated rings. The summed E-state index contributed by atoms with van der Waals surface area (Å²) < 4.78 is 50.4. The Labute approximate surface area is 240 Å². The van der Waals surface area contributed by atoms with Gasteiger partial charge in [0.2, 0.25) is 0 Å². The fourth-order valence-corrected chi connectivity index (χ4v) is 6.87. The van der Waals surface area contributed by atoms with Crippen LogP contribution in [0.15, 0.2) is 59.5 Å². The number of amides is 1. The maximum Gasteiger partial charge on any atom is 0.407 e. The van der Waals surface area contributed by atoms with E-state index in [1.807, 2.05) is 30.3 Å². The second-order valence-electron chi connectivity index (χ2n) is 10.7. The number of hydroxylamine groups is 1. The number of aliphatic hydroxyl groups excluding tert-OH is 1. The molecule has 1 aliphatic carbocycles. The summed E-state index contributed by atoms with van der Waals surface area (Å²) >= 11 is 0.